The van der Waals surface area contributed by atoms with E-state index in [4.69, 9.17) is 0 Å². The zero-order chi connectivity index (χ0) is 16.2. The fraction of sp³-hybridized carbons (Fsp3) is 0.167. The van der Waals surface area contributed by atoms with E-state index in [0.29, 0.717) is 24.1 Å². The Bertz CT molecular complexity index is 901. The molecule has 2 N–H and O–H groups in total. The van der Waals surface area contributed by atoms with Crippen LogP contribution in [0, 0.1) is 6.92 Å². The van der Waals surface area contributed by atoms with Gasteiger partial charge in [-0.25, -0.2) is 0 Å². The van der Waals surface area contributed by atoms with Crippen LogP contribution in [0.25, 0.3) is 10.9 Å². The van der Waals surface area contributed by atoms with Crippen LogP contribution in [0.4, 0.5) is 0 Å². The summed E-state index contributed by atoms with van der Waals surface area (Å²) in [5, 5.41) is 3.80. The van der Waals surface area contributed by atoms with Gasteiger partial charge in [-0.3, -0.25) is 14.6 Å². The number of aryl methyl sites for hydroxylation is 1. The van der Waals surface area contributed by atoms with Crippen molar-refractivity contribution in [2.24, 2.45) is 0 Å². The van der Waals surface area contributed by atoms with Crippen LogP contribution in [0.15, 0.2) is 53.6 Å². The molecule has 0 spiro atoms. The summed E-state index contributed by atoms with van der Waals surface area (Å²) >= 11 is 0. The summed E-state index contributed by atoms with van der Waals surface area (Å²) in [4.78, 5) is 30.8. The number of hydrogen-bond acceptors (Lipinski definition) is 3. The Balaban J connectivity index is 1.70. The highest BCUT2D eigenvalue weighted by molar-refractivity contribution is 5.93. The summed E-state index contributed by atoms with van der Waals surface area (Å²) in [5.41, 5.74) is 3.05. The van der Waals surface area contributed by atoms with Gasteiger partial charge < -0.3 is 10.3 Å². The standard InChI is InChI=1S/C18H17N3O2/c1-12-2-3-14-11-15(18(23)21-16(14)10-12)6-9-20-17(22)13-4-7-19-8-5-13/h2-5,7-8,10-11H,6,9H2,1H3,(H,20,22)(H,21,23). The van der Waals surface area contributed by atoms with Gasteiger partial charge >= 0.3 is 0 Å². The molecule has 0 aliphatic heterocycles. The molecule has 0 atom stereocenters. The van der Waals surface area contributed by atoms with E-state index in [0.717, 1.165) is 16.5 Å². The summed E-state index contributed by atoms with van der Waals surface area (Å²) in [7, 11) is 0. The Morgan fingerprint density at radius 1 is 1.17 bits per heavy atom. The molecule has 1 amide bonds. The number of hydrogen-bond donors (Lipinski definition) is 2. The predicted molar refractivity (Wildman–Crippen MR) is 89.6 cm³/mol. The first-order chi connectivity index (χ1) is 11.1. The number of benzene rings is 1. The molecule has 3 rings (SSSR count). The number of nitrogens with zero attached hydrogens (tertiary/aromatic N) is 1. The van der Waals surface area contributed by atoms with Crippen molar-refractivity contribution >= 4 is 16.8 Å². The molecule has 0 unspecified atom stereocenters. The molecule has 3 aromatic rings. The number of amides is 1. The van der Waals surface area contributed by atoms with Gasteiger partial charge in [-0.2, -0.15) is 0 Å². The molecule has 0 fully saturated rings. The summed E-state index contributed by atoms with van der Waals surface area (Å²) in [5.74, 6) is -0.166. The second-order valence-corrected chi connectivity index (χ2v) is 5.46. The smallest absolute Gasteiger partial charge is 0.251 e. The minimum absolute atomic E-state index is 0.110. The third-order valence-corrected chi connectivity index (χ3v) is 3.70. The summed E-state index contributed by atoms with van der Waals surface area (Å²) < 4.78 is 0. The largest absolute Gasteiger partial charge is 0.352 e. The number of nitrogens with one attached hydrogen (secondary N) is 2. The van der Waals surface area contributed by atoms with Crippen molar-refractivity contribution in [1.82, 2.24) is 15.3 Å². The molecule has 0 bridgehead atoms. The second-order valence-electron chi connectivity index (χ2n) is 5.46. The van der Waals surface area contributed by atoms with Gasteiger partial charge in [0.15, 0.2) is 0 Å². The van der Waals surface area contributed by atoms with Crippen LogP contribution in [-0.4, -0.2) is 22.4 Å². The lowest BCUT2D eigenvalue weighted by Gasteiger charge is -2.06. The second kappa shape index (κ2) is 6.44. The fourth-order valence-corrected chi connectivity index (χ4v) is 2.46. The first kappa shape index (κ1) is 15.0. The molecule has 5 heteroatoms. The Kier molecular flexibility index (Phi) is 4.19. The Morgan fingerprint density at radius 2 is 1.96 bits per heavy atom. The monoisotopic (exact) mass is 307 g/mol. The molecule has 2 aromatic heterocycles. The maximum atomic E-state index is 12.1. The minimum Gasteiger partial charge on any atom is -0.352 e. The van der Waals surface area contributed by atoms with Crippen LogP contribution in [-0.2, 0) is 6.42 Å². The lowest BCUT2D eigenvalue weighted by Crippen LogP contribution is -2.27. The molecule has 2 heterocycles. The van der Waals surface area contributed by atoms with Gasteiger partial charge in [0.1, 0.15) is 0 Å². The number of H-pyrrole nitrogens is 1. The molecule has 0 saturated heterocycles. The molecule has 0 saturated carbocycles. The number of carbonyl (C=O) groups is 1. The lowest BCUT2D eigenvalue weighted by atomic mass is 10.1. The van der Waals surface area contributed by atoms with Crippen molar-refractivity contribution in [3.63, 3.8) is 0 Å². The van der Waals surface area contributed by atoms with Gasteiger partial charge in [-0.05, 0) is 48.6 Å². The van der Waals surface area contributed by atoms with Crippen molar-refractivity contribution in [2.75, 3.05) is 6.54 Å². The number of fused-ring (bicyclic) bond motifs is 1. The van der Waals surface area contributed by atoms with Gasteiger partial charge in [0.2, 0.25) is 0 Å². The number of aromatic amines is 1. The zero-order valence-electron chi connectivity index (χ0n) is 12.8. The van der Waals surface area contributed by atoms with E-state index in [1.807, 2.05) is 31.2 Å². The Morgan fingerprint density at radius 3 is 2.74 bits per heavy atom. The molecule has 0 aliphatic carbocycles. The normalized spacial score (nSPS) is 10.7. The van der Waals surface area contributed by atoms with Gasteiger partial charge in [-0.1, -0.05) is 12.1 Å². The topological polar surface area (TPSA) is 74.8 Å². The van der Waals surface area contributed by atoms with Gasteiger partial charge in [0.25, 0.3) is 11.5 Å². The average molecular weight is 307 g/mol. The van der Waals surface area contributed by atoms with Crippen molar-refractivity contribution in [1.29, 1.82) is 0 Å². The van der Waals surface area contributed by atoms with Crippen LogP contribution in [0.1, 0.15) is 21.5 Å². The number of pyridine rings is 2. The SMILES string of the molecule is Cc1ccc2cc(CCNC(=O)c3ccncc3)c(=O)[nH]c2c1. The predicted octanol–water partition coefficient (Wildman–Crippen LogP) is 2.20. The van der Waals surface area contributed by atoms with Crippen LogP contribution in [0.2, 0.25) is 0 Å². The molecular formula is C18H17N3O2. The van der Waals surface area contributed by atoms with Crippen LogP contribution in [0.5, 0.6) is 0 Å². The summed E-state index contributed by atoms with van der Waals surface area (Å²) in [6, 6.07) is 11.1. The van der Waals surface area contributed by atoms with E-state index in [1.54, 1.807) is 24.5 Å². The zero-order valence-corrected chi connectivity index (χ0v) is 12.8. The number of carbonyl (C=O) groups excluding carboxylic acids is 1. The first-order valence-corrected chi connectivity index (χ1v) is 7.44. The van der Waals surface area contributed by atoms with Crippen molar-refractivity contribution < 1.29 is 4.79 Å². The third kappa shape index (κ3) is 3.45. The number of aromatic nitrogens is 2. The van der Waals surface area contributed by atoms with Gasteiger partial charge in [0.05, 0.1) is 0 Å². The van der Waals surface area contributed by atoms with Crippen molar-refractivity contribution in [2.45, 2.75) is 13.3 Å². The third-order valence-electron chi connectivity index (χ3n) is 3.70. The van der Waals surface area contributed by atoms with E-state index < -0.39 is 0 Å². The molecule has 116 valence electrons. The van der Waals surface area contributed by atoms with Gasteiger partial charge in [-0.15, -0.1) is 0 Å². The van der Waals surface area contributed by atoms with Crippen molar-refractivity contribution in [3.8, 4) is 0 Å². The maximum absolute atomic E-state index is 12.1. The molecule has 0 radical (unpaired) electrons. The van der Waals surface area contributed by atoms with Gasteiger partial charge in [0, 0.05) is 35.6 Å². The van der Waals surface area contributed by atoms with E-state index in [-0.39, 0.29) is 11.5 Å². The molecule has 1 aromatic carbocycles. The summed E-state index contributed by atoms with van der Waals surface area (Å²) in [6.07, 6.45) is 3.63. The van der Waals surface area contributed by atoms with E-state index >= 15 is 0 Å². The Labute approximate surface area is 133 Å². The summed E-state index contributed by atoms with van der Waals surface area (Å²) in [6.45, 7) is 2.39. The molecule has 5 nitrogen and oxygen atoms in total. The molecule has 0 aliphatic rings. The quantitative estimate of drug-likeness (QED) is 0.776. The number of rotatable bonds is 4. The van der Waals surface area contributed by atoms with E-state index in [2.05, 4.69) is 15.3 Å². The molecular weight excluding hydrogens is 290 g/mol. The van der Waals surface area contributed by atoms with E-state index in [1.165, 1.54) is 0 Å². The van der Waals surface area contributed by atoms with E-state index in [9.17, 15) is 9.59 Å². The average Bonchev–Trinajstić information content (AvgIpc) is 2.56. The lowest BCUT2D eigenvalue weighted by molar-refractivity contribution is 0.0954. The highest BCUT2D eigenvalue weighted by atomic mass is 16.1. The highest BCUT2D eigenvalue weighted by Gasteiger charge is 2.06. The van der Waals surface area contributed by atoms with Crippen LogP contribution >= 0.6 is 0 Å². The fourth-order valence-electron chi connectivity index (χ4n) is 2.46. The highest BCUT2D eigenvalue weighted by Crippen LogP contribution is 2.13. The maximum Gasteiger partial charge on any atom is 0.251 e. The van der Waals surface area contributed by atoms with Crippen LogP contribution < -0.4 is 10.9 Å². The first-order valence-electron chi connectivity index (χ1n) is 7.44. The Hall–Kier alpha value is -2.95. The van der Waals surface area contributed by atoms with Crippen molar-refractivity contribution in [3.05, 3.63) is 75.8 Å². The minimum atomic E-state index is -0.166. The van der Waals surface area contributed by atoms with Crippen LogP contribution in [0.3, 0.4) is 0 Å². The molecule has 23 heavy (non-hydrogen) atoms.